The van der Waals surface area contributed by atoms with E-state index in [-0.39, 0.29) is 27.6 Å². The summed E-state index contributed by atoms with van der Waals surface area (Å²) in [6.45, 7) is 6.40. The molecule has 1 saturated heterocycles. The molecule has 3 unspecified atom stereocenters. The standard InChI is InChI=1S/C15H25NO3S/c1-10(2)15(8-4-7-12(15)20)13(17)16(14(18)19)9-5-6-11(16)3/h10-12H,4-9H2,1-3H3,(H-,18,19,20)/p+1/t11-,12?,15?,16?/m1/s1. The maximum atomic E-state index is 13.3. The van der Waals surface area contributed by atoms with Gasteiger partial charge in [-0.2, -0.15) is 21.9 Å². The number of thiol groups is 1. The van der Waals surface area contributed by atoms with Crippen molar-refractivity contribution < 1.29 is 19.2 Å². The van der Waals surface area contributed by atoms with Crippen LogP contribution in [0.25, 0.3) is 0 Å². The molecule has 2 aliphatic rings. The quantitative estimate of drug-likeness (QED) is 0.607. The Balaban J connectivity index is 2.49. The van der Waals surface area contributed by atoms with E-state index in [9.17, 15) is 14.7 Å². The normalized spacial score (nSPS) is 41.2. The first-order valence-corrected chi connectivity index (χ1v) is 8.16. The van der Waals surface area contributed by atoms with Crippen LogP contribution in [0.5, 0.6) is 0 Å². The third-order valence-electron chi connectivity index (χ3n) is 5.68. The maximum absolute atomic E-state index is 13.3. The number of carbonyl (C=O) groups excluding carboxylic acids is 1. The first-order valence-electron chi connectivity index (χ1n) is 7.64. The molecule has 0 bridgehead atoms. The van der Waals surface area contributed by atoms with Gasteiger partial charge in [0.15, 0.2) is 0 Å². The second-order valence-corrected chi connectivity index (χ2v) is 7.40. The first-order chi connectivity index (χ1) is 9.30. The number of likely N-dealkylation sites (tertiary alicyclic amines) is 1. The molecule has 2 rings (SSSR count). The van der Waals surface area contributed by atoms with Crippen molar-refractivity contribution >= 4 is 24.6 Å². The molecule has 0 aromatic carbocycles. The van der Waals surface area contributed by atoms with Crippen LogP contribution in [0.2, 0.25) is 0 Å². The fraction of sp³-hybridized carbons (Fsp3) is 0.867. The van der Waals surface area contributed by atoms with Crippen molar-refractivity contribution in [2.24, 2.45) is 11.3 Å². The van der Waals surface area contributed by atoms with Crippen LogP contribution in [0.3, 0.4) is 0 Å². The zero-order valence-corrected chi connectivity index (χ0v) is 13.5. The fourth-order valence-corrected chi connectivity index (χ4v) is 5.02. The third-order valence-corrected chi connectivity index (χ3v) is 6.40. The molecular formula is C15H26NO3S+. The zero-order chi connectivity index (χ0) is 15.1. The maximum Gasteiger partial charge on any atom is 0.521 e. The van der Waals surface area contributed by atoms with Crippen molar-refractivity contribution in [1.29, 1.82) is 0 Å². The van der Waals surface area contributed by atoms with Crippen molar-refractivity contribution in [1.82, 2.24) is 0 Å². The summed E-state index contributed by atoms with van der Waals surface area (Å²) in [5, 5.41) is 9.76. The smallest absolute Gasteiger partial charge is 0.435 e. The SMILES string of the molecule is CC(C)C1(C(=O)[N+]2(C(=O)O)CCC[C@H]2C)CCCC1S. The second-order valence-electron chi connectivity index (χ2n) is 6.77. The molecule has 20 heavy (non-hydrogen) atoms. The number of rotatable bonds is 2. The van der Waals surface area contributed by atoms with Gasteiger partial charge in [-0.15, -0.1) is 0 Å². The highest BCUT2D eigenvalue weighted by molar-refractivity contribution is 7.81. The van der Waals surface area contributed by atoms with Crippen molar-refractivity contribution in [2.75, 3.05) is 6.54 Å². The Morgan fingerprint density at radius 2 is 1.95 bits per heavy atom. The van der Waals surface area contributed by atoms with Gasteiger partial charge < -0.3 is 5.11 Å². The van der Waals surface area contributed by atoms with Gasteiger partial charge in [-0.25, -0.2) is 4.79 Å². The number of nitrogens with zero attached hydrogens (tertiary/aromatic N) is 1. The van der Waals surface area contributed by atoms with Crippen LogP contribution in [0.1, 0.15) is 52.9 Å². The van der Waals surface area contributed by atoms with E-state index in [0.717, 1.165) is 32.1 Å². The Morgan fingerprint density at radius 1 is 1.30 bits per heavy atom. The monoisotopic (exact) mass is 300 g/mol. The molecule has 2 fully saturated rings. The first kappa shape index (κ1) is 15.8. The van der Waals surface area contributed by atoms with Gasteiger partial charge in [0.25, 0.3) is 0 Å². The summed E-state index contributed by atoms with van der Waals surface area (Å²) >= 11 is 4.66. The Bertz CT molecular complexity index is 425. The number of hydrogen-bond acceptors (Lipinski definition) is 3. The molecule has 1 aliphatic carbocycles. The number of carbonyl (C=O) groups is 2. The van der Waals surface area contributed by atoms with Crippen molar-refractivity contribution in [3.8, 4) is 0 Å². The second kappa shape index (κ2) is 5.34. The van der Waals surface area contributed by atoms with E-state index in [0.29, 0.717) is 6.54 Å². The van der Waals surface area contributed by atoms with Crippen LogP contribution >= 0.6 is 12.6 Å². The minimum absolute atomic E-state index is 0.0165. The predicted molar refractivity (Wildman–Crippen MR) is 80.8 cm³/mol. The van der Waals surface area contributed by atoms with Gasteiger partial charge in [-0.05, 0) is 25.7 Å². The summed E-state index contributed by atoms with van der Waals surface area (Å²) in [6, 6.07) is -0.128. The van der Waals surface area contributed by atoms with Crippen LogP contribution in [0.4, 0.5) is 4.79 Å². The number of hydrogen-bond donors (Lipinski definition) is 2. The molecule has 4 atom stereocenters. The van der Waals surface area contributed by atoms with E-state index in [2.05, 4.69) is 12.6 Å². The van der Waals surface area contributed by atoms with E-state index in [1.165, 1.54) is 0 Å². The summed E-state index contributed by atoms with van der Waals surface area (Å²) in [6.07, 6.45) is 3.28. The van der Waals surface area contributed by atoms with Gasteiger partial charge >= 0.3 is 12.0 Å². The van der Waals surface area contributed by atoms with Gasteiger partial charge in [-0.3, -0.25) is 0 Å². The van der Waals surface area contributed by atoms with Crippen LogP contribution in [-0.4, -0.2) is 39.4 Å². The summed E-state index contributed by atoms with van der Waals surface area (Å²) in [5.74, 6) is 0.0321. The van der Waals surface area contributed by atoms with Gasteiger partial charge in [0.2, 0.25) is 0 Å². The van der Waals surface area contributed by atoms with Crippen LogP contribution in [-0.2, 0) is 4.79 Å². The van der Waals surface area contributed by atoms with Gasteiger partial charge in [0.1, 0.15) is 6.04 Å². The number of carboxylic acid groups (broad SMARTS) is 1. The lowest BCUT2D eigenvalue weighted by Gasteiger charge is -2.41. The summed E-state index contributed by atoms with van der Waals surface area (Å²) in [5.41, 5.74) is -0.583. The van der Waals surface area contributed by atoms with Crippen LogP contribution in [0.15, 0.2) is 0 Å². The molecule has 0 aromatic heterocycles. The highest BCUT2D eigenvalue weighted by Gasteiger charge is 2.64. The number of imide groups is 1. The van der Waals surface area contributed by atoms with E-state index in [4.69, 9.17) is 0 Å². The van der Waals surface area contributed by atoms with Crippen LogP contribution < -0.4 is 0 Å². The summed E-state index contributed by atoms with van der Waals surface area (Å²) in [4.78, 5) is 25.3. The number of quaternary nitrogens is 1. The largest absolute Gasteiger partial charge is 0.521 e. The molecular weight excluding hydrogens is 274 g/mol. The molecule has 1 N–H and O–H groups in total. The molecule has 2 amide bonds. The fourth-order valence-electron chi connectivity index (χ4n) is 4.30. The Labute approximate surface area is 126 Å². The zero-order valence-electron chi connectivity index (χ0n) is 12.6. The summed E-state index contributed by atoms with van der Waals surface area (Å²) in [7, 11) is 0. The molecule has 0 spiro atoms. The van der Waals surface area contributed by atoms with Gasteiger partial charge in [-0.1, -0.05) is 20.3 Å². The van der Waals surface area contributed by atoms with Crippen molar-refractivity contribution in [2.45, 2.75) is 64.2 Å². The Hall–Kier alpha value is -0.550. The molecule has 1 heterocycles. The lowest BCUT2D eigenvalue weighted by molar-refractivity contribution is -0.796. The predicted octanol–water partition coefficient (Wildman–Crippen LogP) is 3.31. The molecule has 4 nitrogen and oxygen atoms in total. The Morgan fingerprint density at radius 3 is 2.30 bits per heavy atom. The molecule has 114 valence electrons. The third kappa shape index (κ3) is 1.93. The molecule has 0 aromatic rings. The van der Waals surface area contributed by atoms with E-state index < -0.39 is 11.5 Å². The minimum Gasteiger partial charge on any atom is -0.435 e. The van der Waals surface area contributed by atoms with Crippen molar-refractivity contribution in [3.63, 3.8) is 0 Å². The lowest BCUT2D eigenvalue weighted by atomic mass is 9.73. The highest BCUT2D eigenvalue weighted by atomic mass is 32.1. The lowest BCUT2D eigenvalue weighted by Crippen LogP contribution is -2.65. The minimum atomic E-state index is -0.979. The molecule has 0 radical (unpaired) electrons. The number of amides is 2. The van der Waals surface area contributed by atoms with Crippen molar-refractivity contribution in [3.05, 3.63) is 0 Å². The van der Waals surface area contributed by atoms with E-state index in [1.54, 1.807) is 0 Å². The average Bonchev–Trinajstić information content (AvgIpc) is 2.93. The highest BCUT2D eigenvalue weighted by Crippen LogP contribution is 2.51. The Kier molecular flexibility index (Phi) is 4.22. The van der Waals surface area contributed by atoms with E-state index >= 15 is 0 Å². The van der Waals surface area contributed by atoms with Gasteiger partial charge in [0.05, 0.1) is 12.0 Å². The average molecular weight is 300 g/mol. The van der Waals surface area contributed by atoms with E-state index in [1.807, 2.05) is 20.8 Å². The topological polar surface area (TPSA) is 54.4 Å². The van der Waals surface area contributed by atoms with Gasteiger partial charge in [0, 0.05) is 18.1 Å². The molecule has 1 saturated carbocycles. The van der Waals surface area contributed by atoms with Crippen LogP contribution in [0, 0.1) is 11.3 Å². The summed E-state index contributed by atoms with van der Waals surface area (Å²) < 4.78 is -0.380. The molecule has 5 heteroatoms. The molecule has 1 aliphatic heterocycles.